The first-order chi connectivity index (χ1) is 11.1. The summed E-state index contributed by atoms with van der Waals surface area (Å²) in [5.74, 6) is 0.130. The molecule has 2 aliphatic heterocycles. The molecule has 0 bridgehead atoms. The number of nitrogens with zero attached hydrogens (tertiary/aromatic N) is 1. The fourth-order valence-electron chi connectivity index (χ4n) is 4.03. The lowest BCUT2D eigenvalue weighted by atomic mass is 9.94. The van der Waals surface area contributed by atoms with Gasteiger partial charge in [-0.05, 0) is 41.8 Å². The molecule has 0 spiro atoms. The second-order valence-corrected chi connectivity index (χ2v) is 8.70. The Kier molecular flexibility index (Phi) is 3.54. The summed E-state index contributed by atoms with van der Waals surface area (Å²) < 4.78 is 25.7. The van der Waals surface area contributed by atoms with Gasteiger partial charge < -0.3 is 4.90 Å². The first-order valence-electron chi connectivity index (χ1n) is 8.27. The van der Waals surface area contributed by atoms with E-state index in [1.54, 1.807) is 0 Å². The molecule has 0 N–H and O–H groups in total. The molecule has 0 unspecified atom stereocenters. The summed E-state index contributed by atoms with van der Waals surface area (Å²) in [4.78, 5) is 2.86. The molecule has 23 heavy (non-hydrogen) atoms. The molecule has 1 saturated heterocycles. The molecule has 0 radical (unpaired) electrons. The van der Waals surface area contributed by atoms with Gasteiger partial charge in [0.1, 0.15) is 0 Å². The highest BCUT2D eigenvalue weighted by Gasteiger charge is 2.49. The van der Waals surface area contributed by atoms with Crippen molar-refractivity contribution in [1.29, 1.82) is 0 Å². The minimum absolute atomic E-state index is 0.130. The normalized spacial score (nSPS) is 25.3. The maximum absolute atomic E-state index is 12.8. The average Bonchev–Trinajstić information content (AvgIpc) is 3.07. The molecule has 0 aliphatic carbocycles. The van der Waals surface area contributed by atoms with E-state index in [9.17, 15) is 8.42 Å². The lowest BCUT2D eigenvalue weighted by molar-refractivity contribution is 0.334. The van der Waals surface area contributed by atoms with Crippen molar-refractivity contribution in [1.82, 2.24) is 4.90 Å². The minimum Gasteiger partial charge on any atom is -0.301 e. The van der Waals surface area contributed by atoms with Crippen LogP contribution in [0, 0.1) is 0 Å². The molecule has 1 fully saturated rings. The molecular formula is C19H21NO2S. The van der Waals surface area contributed by atoms with Crippen LogP contribution in [0.1, 0.15) is 24.8 Å². The van der Waals surface area contributed by atoms with E-state index in [0.29, 0.717) is 11.4 Å². The highest BCUT2D eigenvalue weighted by atomic mass is 32.2. The first-order valence-corrected chi connectivity index (χ1v) is 9.81. The van der Waals surface area contributed by atoms with Crippen molar-refractivity contribution in [2.24, 2.45) is 0 Å². The highest BCUT2D eigenvalue weighted by Crippen LogP contribution is 2.45. The van der Waals surface area contributed by atoms with Crippen LogP contribution in [0.2, 0.25) is 0 Å². The SMILES string of the molecule is CCCN1C[C@H]2c3cc(-c4ccccc4)ccc3S(=O)(=O)[C@H]2C1. The predicted octanol–water partition coefficient (Wildman–Crippen LogP) is 3.32. The summed E-state index contributed by atoms with van der Waals surface area (Å²) in [6.07, 6.45) is 1.07. The Morgan fingerprint density at radius 1 is 1.04 bits per heavy atom. The zero-order valence-electron chi connectivity index (χ0n) is 13.3. The molecule has 2 heterocycles. The Hall–Kier alpha value is -1.65. The van der Waals surface area contributed by atoms with E-state index in [-0.39, 0.29) is 11.2 Å². The zero-order valence-corrected chi connectivity index (χ0v) is 14.1. The molecular weight excluding hydrogens is 306 g/mol. The summed E-state index contributed by atoms with van der Waals surface area (Å²) >= 11 is 0. The molecule has 4 rings (SSSR count). The van der Waals surface area contributed by atoms with Gasteiger partial charge in [0.15, 0.2) is 9.84 Å². The van der Waals surface area contributed by atoms with Gasteiger partial charge in [0, 0.05) is 19.0 Å². The van der Waals surface area contributed by atoms with Crippen molar-refractivity contribution in [2.45, 2.75) is 29.4 Å². The Bertz CT molecular complexity index is 830. The van der Waals surface area contributed by atoms with Crippen molar-refractivity contribution in [3.63, 3.8) is 0 Å². The van der Waals surface area contributed by atoms with E-state index in [1.165, 1.54) is 0 Å². The van der Waals surface area contributed by atoms with E-state index in [1.807, 2.05) is 30.3 Å². The molecule has 0 saturated carbocycles. The molecule has 2 aromatic carbocycles. The van der Waals surface area contributed by atoms with Gasteiger partial charge in [-0.3, -0.25) is 0 Å². The standard InChI is InChI=1S/C19H21NO2S/c1-2-10-20-12-17-16-11-15(14-6-4-3-5-7-14)8-9-18(16)23(21,22)19(17)13-20/h3-9,11,17,19H,2,10,12-13H2,1H3/t17-,19-/m0/s1. The first kappa shape index (κ1) is 14.9. The van der Waals surface area contributed by atoms with E-state index < -0.39 is 9.84 Å². The van der Waals surface area contributed by atoms with Gasteiger partial charge in [-0.2, -0.15) is 0 Å². The fraction of sp³-hybridized carbons (Fsp3) is 0.368. The highest BCUT2D eigenvalue weighted by molar-refractivity contribution is 7.92. The zero-order chi connectivity index (χ0) is 16.0. The number of benzene rings is 2. The maximum atomic E-state index is 12.8. The number of hydrogen-bond acceptors (Lipinski definition) is 3. The molecule has 3 nitrogen and oxygen atoms in total. The van der Waals surface area contributed by atoms with Crippen LogP contribution >= 0.6 is 0 Å². The second-order valence-electron chi connectivity index (χ2n) is 6.57. The molecule has 2 aliphatic rings. The lowest BCUT2D eigenvalue weighted by Crippen LogP contribution is -2.26. The lowest BCUT2D eigenvalue weighted by Gasteiger charge is -2.16. The minimum atomic E-state index is -3.17. The third-order valence-electron chi connectivity index (χ3n) is 5.10. The van der Waals surface area contributed by atoms with E-state index in [0.717, 1.165) is 36.2 Å². The van der Waals surface area contributed by atoms with Crippen molar-refractivity contribution in [3.05, 3.63) is 54.1 Å². The smallest absolute Gasteiger partial charge is 0.183 e. The fourth-order valence-corrected chi connectivity index (χ4v) is 6.23. The Morgan fingerprint density at radius 2 is 1.83 bits per heavy atom. The van der Waals surface area contributed by atoms with Crippen LogP contribution < -0.4 is 0 Å². The number of fused-ring (bicyclic) bond motifs is 3. The van der Waals surface area contributed by atoms with Crippen LogP contribution in [0.15, 0.2) is 53.4 Å². The number of rotatable bonds is 3. The van der Waals surface area contributed by atoms with Crippen LogP contribution in [0.3, 0.4) is 0 Å². The largest absolute Gasteiger partial charge is 0.301 e. The average molecular weight is 327 g/mol. The third-order valence-corrected chi connectivity index (χ3v) is 7.36. The van der Waals surface area contributed by atoms with Crippen LogP contribution in [0.5, 0.6) is 0 Å². The quantitative estimate of drug-likeness (QED) is 0.868. The molecule has 4 heteroatoms. The van der Waals surface area contributed by atoms with Gasteiger partial charge in [-0.15, -0.1) is 0 Å². The summed E-state index contributed by atoms with van der Waals surface area (Å²) in [5.41, 5.74) is 3.27. The van der Waals surface area contributed by atoms with Gasteiger partial charge in [-0.1, -0.05) is 43.3 Å². The Labute approximate surface area is 137 Å². The summed E-state index contributed by atoms with van der Waals surface area (Å²) in [7, 11) is -3.17. The number of sulfone groups is 1. The van der Waals surface area contributed by atoms with Crippen molar-refractivity contribution in [3.8, 4) is 11.1 Å². The molecule has 120 valence electrons. The van der Waals surface area contributed by atoms with Crippen LogP contribution in [-0.2, 0) is 9.84 Å². The molecule has 0 amide bonds. The van der Waals surface area contributed by atoms with Crippen LogP contribution in [0.25, 0.3) is 11.1 Å². The molecule has 0 aromatic heterocycles. The Morgan fingerprint density at radius 3 is 2.57 bits per heavy atom. The topological polar surface area (TPSA) is 37.4 Å². The van der Waals surface area contributed by atoms with Crippen molar-refractivity contribution in [2.75, 3.05) is 19.6 Å². The van der Waals surface area contributed by atoms with Gasteiger partial charge in [-0.25, -0.2) is 8.42 Å². The number of hydrogen-bond donors (Lipinski definition) is 0. The van der Waals surface area contributed by atoms with Crippen molar-refractivity contribution < 1.29 is 8.42 Å². The van der Waals surface area contributed by atoms with Gasteiger partial charge in [0.05, 0.1) is 10.1 Å². The van der Waals surface area contributed by atoms with E-state index >= 15 is 0 Å². The molecule has 2 aromatic rings. The van der Waals surface area contributed by atoms with E-state index in [4.69, 9.17) is 0 Å². The van der Waals surface area contributed by atoms with Gasteiger partial charge >= 0.3 is 0 Å². The van der Waals surface area contributed by atoms with Gasteiger partial charge in [0.2, 0.25) is 0 Å². The van der Waals surface area contributed by atoms with Crippen molar-refractivity contribution >= 4 is 9.84 Å². The van der Waals surface area contributed by atoms with Crippen LogP contribution in [-0.4, -0.2) is 38.2 Å². The Balaban J connectivity index is 1.78. The molecule has 2 atom stereocenters. The monoisotopic (exact) mass is 327 g/mol. The van der Waals surface area contributed by atoms with E-state index in [2.05, 4.69) is 30.0 Å². The summed E-state index contributed by atoms with van der Waals surface area (Å²) in [5, 5.41) is -0.255. The summed E-state index contributed by atoms with van der Waals surface area (Å²) in [6, 6.07) is 16.0. The maximum Gasteiger partial charge on any atom is 0.183 e. The third kappa shape index (κ3) is 2.32. The predicted molar refractivity (Wildman–Crippen MR) is 92.3 cm³/mol. The summed E-state index contributed by atoms with van der Waals surface area (Å²) in [6.45, 7) is 4.67. The van der Waals surface area contributed by atoms with Gasteiger partial charge in [0.25, 0.3) is 0 Å². The number of likely N-dealkylation sites (tertiary alicyclic amines) is 1. The second kappa shape index (κ2) is 5.46. The van der Waals surface area contributed by atoms with Crippen LogP contribution in [0.4, 0.5) is 0 Å².